The summed E-state index contributed by atoms with van der Waals surface area (Å²) in [5.74, 6) is 0.278. The number of benzene rings is 1. The van der Waals surface area contributed by atoms with Gasteiger partial charge in [0, 0.05) is 45.6 Å². The van der Waals surface area contributed by atoms with Gasteiger partial charge in [0.1, 0.15) is 0 Å². The van der Waals surface area contributed by atoms with E-state index in [1.807, 2.05) is 13.1 Å². The van der Waals surface area contributed by atoms with Crippen molar-refractivity contribution in [3.8, 4) is 0 Å². The molecule has 0 saturated carbocycles. The maximum absolute atomic E-state index is 12.7. The highest BCUT2D eigenvalue weighted by Crippen LogP contribution is 2.26. The van der Waals surface area contributed by atoms with Crippen LogP contribution in [-0.4, -0.2) is 50.2 Å². The standard InChI is InChI=1S/C19H29N3O2.2ClH/c1-21(19(23)18(20)15-8-12-24-13-9-15)14-16-6-2-3-7-17(16)22-10-4-5-11-22;;/h2-3,6-7,15,18H,4-5,8-14,20H2,1H3;2*1H. The molecule has 0 radical (unpaired) electrons. The molecule has 0 aromatic heterocycles. The number of nitrogens with two attached hydrogens (primary N) is 1. The smallest absolute Gasteiger partial charge is 0.239 e. The number of nitrogens with zero attached hydrogens (tertiary/aromatic N) is 2. The maximum Gasteiger partial charge on any atom is 0.239 e. The van der Waals surface area contributed by atoms with Crippen LogP contribution in [0, 0.1) is 5.92 Å². The third-order valence-corrected chi connectivity index (χ3v) is 5.28. The van der Waals surface area contributed by atoms with Crippen molar-refractivity contribution in [3.05, 3.63) is 29.8 Å². The Labute approximate surface area is 169 Å². The summed E-state index contributed by atoms with van der Waals surface area (Å²) in [4.78, 5) is 16.9. The molecule has 0 aliphatic carbocycles. The molecule has 3 rings (SSSR count). The van der Waals surface area contributed by atoms with Crippen LogP contribution in [-0.2, 0) is 16.1 Å². The molecule has 1 amide bonds. The molecule has 1 unspecified atom stereocenters. The van der Waals surface area contributed by atoms with Crippen molar-refractivity contribution in [2.24, 2.45) is 11.7 Å². The molecular formula is C19H31Cl2N3O2. The lowest BCUT2D eigenvalue weighted by atomic mass is 9.91. The van der Waals surface area contributed by atoms with Crippen LogP contribution in [0.15, 0.2) is 24.3 Å². The van der Waals surface area contributed by atoms with E-state index in [4.69, 9.17) is 10.5 Å². The third kappa shape index (κ3) is 5.49. The quantitative estimate of drug-likeness (QED) is 0.820. The van der Waals surface area contributed by atoms with Gasteiger partial charge in [-0.25, -0.2) is 0 Å². The lowest BCUT2D eigenvalue weighted by Crippen LogP contribution is -2.47. The molecule has 7 heteroatoms. The molecular weight excluding hydrogens is 373 g/mol. The van der Waals surface area contributed by atoms with Crippen molar-refractivity contribution < 1.29 is 9.53 Å². The van der Waals surface area contributed by atoms with Crippen molar-refractivity contribution in [1.82, 2.24) is 4.90 Å². The molecule has 5 nitrogen and oxygen atoms in total. The summed E-state index contributed by atoms with van der Waals surface area (Å²) in [5, 5.41) is 0. The van der Waals surface area contributed by atoms with Gasteiger partial charge in [-0.05, 0) is 43.2 Å². The van der Waals surface area contributed by atoms with Gasteiger partial charge in [-0.2, -0.15) is 0 Å². The largest absolute Gasteiger partial charge is 0.381 e. The highest BCUT2D eigenvalue weighted by Gasteiger charge is 2.29. The molecule has 2 aliphatic heterocycles. The summed E-state index contributed by atoms with van der Waals surface area (Å²) in [6, 6.07) is 7.99. The van der Waals surface area contributed by atoms with Gasteiger partial charge < -0.3 is 20.3 Å². The lowest BCUT2D eigenvalue weighted by Gasteiger charge is -2.30. The second-order valence-electron chi connectivity index (χ2n) is 6.99. The molecule has 2 aliphatic rings. The molecule has 2 saturated heterocycles. The Kier molecular flexibility index (Phi) is 9.72. The molecule has 1 atom stereocenters. The van der Waals surface area contributed by atoms with Crippen LogP contribution in [0.2, 0.25) is 0 Å². The van der Waals surface area contributed by atoms with E-state index in [9.17, 15) is 4.79 Å². The average Bonchev–Trinajstić information content (AvgIpc) is 3.16. The van der Waals surface area contributed by atoms with Crippen LogP contribution in [0.5, 0.6) is 0 Å². The molecule has 1 aromatic rings. The summed E-state index contributed by atoms with van der Waals surface area (Å²) >= 11 is 0. The molecule has 2 heterocycles. The number of carbonyl (C=O) groups is 1. The maximum atomic E-state index is 12.7. The Bertz CT molecular complexity index is 561. The number of hydrogen-bond donors (Lipinski definition) is 1. The van der Waals surface area contributed by atoms with Crippen molar-refractivity contribution >= 4 is 36.4 Å². The van der Waals surface area contributed by atoms with Gasteiger partial charge >= 0.3 is 0 Å². The SMILES string of the molecule is CN(Cc1ccccc1N1CCCC1)C(=O)C(N)C1CCOCC1.Cl.Cl. The number of carbonyl (C=O) groups excluding carboxylic acids is 1. The Hall–Kier alpha value is -1.01. The molecule has 2 N–H and O–H groups in total. The van der Waals surface area contributed by atoms with E-state index in [0.717, 1.165) is 25.9 Å². The Morgan fingerprint density at radius 2 is 1.85 bits per heavy atom. The zero-order valence-corrected chi connectivity index (χ0v) is 17.1. The highest BCUT2D eigenvalue weighted by atomic mass is 35.5. The number of anilines is 1. The topological polar surface area (TPSA) is 58.8 Å². The van der Waals surface area contributed by atoms with Gasteiger partial charge in [0.2, 0.25) is 5.91 Å². The minimum atomic E-state index is -0.419. The van der Waals surface area contributed by atoms with Gasteiger partial charge in [-0.3, -0.25) is 4.79 Å². The first-order valence-electron chi connectivity index (χ1n) is 9.08. The Morgan fingerprint density at radius 3 is 2.50 bits per heavy atom. The van der Waals surface area contributed by atoms with Gasteiger partial charge in [0.05, 0.1) is 6.04 Å². The summed E-state index contributed by atoms with van der Waals surface area (Å²) in [5.41, 5.74) is 8.71. The third-order valence-electron chi connectivity index (χ3n) is 5.28. The zero-order chi connectivity index (χ0) is 16.9. The second-order valence-corrected chi connectivity index (χ2v) is 6.99. The monoisotopic (exact) mass is 403 g/mol. The number of likely N-dealkylation sites (N-methyl/N-ethyl adjacent to an activating group) is 1. The van der Waals surface area contributed by atoms with Gasteiger partial charge in [0.15, 0.2) is 0 Å². The molecule has 148 valence electrons. The zero-order valence-electron chi connectivity index (χ0n) is 15.4. The van der Waals surface area contributed by atoms with Crippen LogP contribution in [0.3, 0.4) is 0 Å². The fourth-order valence-electron chi connectivity index (χ4n) is 3.78. The average molecular weight is 404 g/mol. The van der Waals surface area contributed by atoms with Gasteiger partial charge in [0.25, 0.3) is 0 Å². The van der Waals surface area contributed by atoms with Crippen LogP contribution in [0.1, 0.15) is 31.2 Å². The van der Waals surface area contributed by atoms with E-state index < -0.39 is 6.04 Å². The minimum absolute atomic E-state index is 0. The minimum Gasteiger partial charge on any atom is -0.381 e. The van der Waals surface area contributed by atoms with E-state index in [2.05, 4.69) is 23.1 Å². The Morgan fingerprint density at radius 1 is 1.23 bits per heavy atom. The summed E-state index contributed by atoms with van der Waals surface area (Å²) in [6.45, 7) is 4.26. The molecule has 26 heavy (non-hydrogen) atoms. The highest BCUT2D eigenvalue weighted by molar-refractivity contribution is 5.85. The molecule has 2 fully saturated rings. The molecule has 1 aromatic carbocycles. The second kappa shape index (κ2) is 11.0. The summed E-state index contributed by atoms with van der Waals surface area (Å²) < 4.78 is 5.37. The summed E-state index contributed by atoms with van der Waals surface area (Å²) in [7, 11) is 1.86. The molecule has 0 spiro atoms. The Balaban J connectivity index is 0.00000169. The predicted molar refractivity (Wildman–Crippen MR) is 110 cm³/mol. The normalized spacial score (nSPS) is 18.6. The van der Waals surface area contributed by atoms with Crippen LogP contribution in [0.25, 0.3) is 0 Å². The number of hydrogen-bond acceptors (Lipinski definition) is 4. The lowest BCUT2D eigenvalue weighted by molar-refractivity contribution is -0.133. The van der Waals surface area contributed by atoms with E-state index in [0.29, 0.717) is 19.8 Å². The van der Waals surface area contributed by atoms with Crippen molar-refractivity contribution in [2.75, 3.05) is 38.3 Å². The predicted octanol–water partition coefficient (Wildman–Crippen LogP) is 2.84. The van der Waals surface area contributed by atoms with Crippen molar-refractivity contribution in [3.63, 3.8) is 0 Å². The molecule has 0 bridgehead atoms. The fraction of sp³-hybridized carbons (Fsp3) is 0.632. The number of amides is 1. The van der Waals surface area contributed by atoms with Gasteiger partial charge in [-0.15, -0.1) is 24.8 Å². The number of para-hydroxylation sites is 1. The fourth-order valence-corrected chi connectivity index (χ4v) is 3.78. The van der Waals surface area contributed by atoms with E-state index in [1.165, 1.54) is 24.1 Å². The number of rotatable bonds is 5. The first kappa shape index (κ1) is 23.0. The summed E-state index contributed by atoms with van der Waals surface area (Å²) in [6.07, 6.45) is 4.26. The van der Waals surface area contributed by atoms with Crippen LogP contribution >= 0.6 is 24.8 Å². The van der Waals surface area contributed by atoms with Crippen LogP contribution < -0.4 is 10.6 Å². The first-order chi connectivity index (χ1) is 11.7. The van der Waals surface area contributed by atoms with E-state index in [-0.39, 0.29) is 36.6 Å². The van der Waals surface area contributed by atoms with Crippen LogP contribution in [0.4, 0.5) is 5.69 Å². The van der Waals surface area contributed by atoms with E-state index in [1.54, 1.807) is 4.90 Å². The van der Waals surface area contributed by atoms with Gasteiger partial charge in [-0.1, -0.05) is 18.2 Å². The van der Waals surface area contributed by atoms with Crippen molar-refractivity contribution in [2.45, 2.75) is 38.3 Å². The first-order valence-corrected chi connectivity index (χ1v) is 9.08. The number of ether oxygens (including phenoxy) is 1. The van der Waals surface area contributed by atoms with E-state index >= 15 is 0 Å². The van der Waals surface area contributed by atoms with Crippen molar-refractivity contribution in [1.29, 1.82) is 0 Å². The number of halogens is 2.